The molecular formula is C19H21FN2O4S2. The summed E-state index contributed by atoms with van der Waals surface area (Å²) in [5.74, 6) is -0.813. The highest BCUT2D eigenvalue weighted by Gasteiger charge is 2.33. The highest BCUT2D eigenvalue weighted by Crippen LogP contribution is 2.23. The predicted octanol–water partition coefficient (Wildman–Crippen LogP) is 2.44. The van der Waals surface area contributed by atoms with Crippen LogP contribution in [0.3, 0.4) is 0 Å². The van der Waals surface area contributed by atoms with E-state index in [1.54, 1.807) is 31.2 Å². The lowest BCUT2D eigenvalue weighted by Crippen LogP contribution is -2.50. The van der Waals surface area contributed by atoms with Crippen LogP contribution in [0.4, 0.5) is 4.39 Å². The Labute approximate surface area is 165 Å². The molecule has 0 radical (unpaired) electrons. The van der Waals surface area contributed by atoms with Gasteiger partial charge >= 0.3 is 0 Å². The summed E-state index contributed by atoms with van der Waals surface area (Å²) in [7, 11) is -7.69. The number of aryl methyl sites for hydroxylation is 1. The van der Waals surface area contributed by atoms with Crippen LogP contribution in [0.5, 0.6) is 0 Å². The molecule has 28 heavy (non-hydrogen) atoms. The van der Waals surface area contributed by atoms with Crippen LogP contribution < -0.4 is 0 Å². The Morgan fingerprint density at radius 1 is 0.893 bits per heavy atom. The molecule has 1 heterocycles. The first-order valence-electron chi connectivity index (χ1n) is 8.70. The van der Waals surface area contributed by atoms with Crippen LogP contribution in [0.15, 0.2) is 58.8 Å². The van der Waals surface area contributed by atoms with Gasteiger partial charge in [-0.3, -0.25) is 0 Å². The zero-order valence-corrected chi connectivity index (χ0v) is 17.0. The fraction of sp³-hybridized carbons (Fsp3) is 0.263. The van der Waals surface area contributed by atoms with E-state index in [1.807, 2.05) is 6.07 Å². The first-order valence-corrected chi connectivity index (χ1v) is 11.6. The molecular weight excluding hydrogens is 403 g/mol. The van der Waals surface area contributed by atoms with Crippen LogP contribution >= 0.6 is 0 Å². The fourth-order valence-corrected chi connectivity index (χ4v) is 5.67. The van der Waals surface area contributed by atoms with Gasteiger partial charge in [0, 0.05) is 31.6 Å². The molecule has 6 nitrogen and oxygen atoms in total. The highest BCUT2D eigenvalue weighted by molar-refractivity contribution is 7.92. The van der Waals surface area contributed by atoms with E-state index in [0.717, 1.165) is 21.3 Å². The summed E-state index contributed by atoms with van der Waals surface area (Å²) >= 11 is 0. The third kappa shape index (κ3) is 4.49. The normalized spacial score (nSPS) is 17.2. The van der Waals surface area contributed by atoms with Gasteiger partial charge in [-0.2, -0.15) is 8.61 Å². The Morgan fingerprint density at radius 3 is 2.14 bits per heavy atom. The maximum absolute atomic E-state index is 14.0. The lowest BCUT2D eigenvalue weighted by Gasteiger charge is -2.32. The number of benzene rings is 2. The monoisotopic (exact) mass is 424 g/mol. The van der Waals surface area contributed by atoms with Crippen molar-refractivity contribution in [1.29, 1.82) is 0 Å². The first-order chi connectivity index (χ1) is 13.2. The molecule has 1 aliphatic rings. The maximum Gasteiger partial charge on any atom is 0.246 e. The largest absolute Gasteiger partial charge is 0.246 e. The minimum Gasteiger partial charge on any atom is -0.208 e. The molecule has 0 spiro atoms. The molecule has 2 aromatic carbocycles. The van der Waals surface area contributed by atoms with Gasteiger partial charge in [0.2, 0.25) is 20.0 Å². The molecule has 0 atom stereocenters. The van der Waals surface area contributed by atoms with Gasteiger partial charge in [-0.05, 0) is 36.3 Å². The van der Waals surface area contributed by atoms with Crippen molar-refractivity contribution in [3.63, 3.8) is 0 Å². The van der Waals surface area contributed by atoms with Crippen molar-refractivity contribution >= 4 is 26.1 Å². The number of hydrogen-bond acceptors (Lipinski definition) is 4. The van der Waals surface area contributed by atoms with Crippen LogP contribution in [-0.4, -0.2) is 51.6 Å². The summed E-state index contributed by atoms with van der Waals surface area (Å²) in [6.07, 6.45) is 1.50. The summed E-state index contributed by atoms with van der Waals surface area (Å²) in [6.45, 7) is 1.63. The van der Waals surface area contributed by atoms with E-state index in [-0.39, 0.29) is 31.1 Å². The molecule has 9 heteroatoms. The third-order valence-corrected chi connectivity index (χ3v) is 7.97. The van der Waals surface area contributed by atoms with Gasteiger partial charge in [-0.25, -0.2) is 21.2 Å². The van der Waals surface area contributed by atoms with Crippen molar-refractivity contribution in [3.05, 3.63) is 70.9 Å². The quantitative estimate of drug-likeness (QED) is 0.739. The Kier molecular flexibility index (Phi) is 5.99. The molecule has 3 rings (SSSR count). The summed E-state index contributed by atoms with van der Waals surface area (Å²) in [5, 5.41) is 1.12. The fourth-order valence-electron chi connectivity index (χ4n) is 2.93. The summed E-state index contributed by atoms with van der Waals surface area (Å²) < 4.78 is 66.8. The van der Waals surface area contributed by atoms with Crippen molar-refractivity contribution in [3.8, 4) is 0 Å². The van der Waals surface area contributed by atoms with Gasteiger partial charge in [0.1, 0.15) is 10.7 Å². The van der Waals surface area contributed by atoms with Crippen molar-refractivity contribution in [1.82, 2.24) is 8.61 Å². The lowest BCUT2D eigenvalue weighted by molar-refractivity contribution is 0.274. The number of hydrogen-bond donors (Lipinski definition) is 0. The van der Waals surface area contributed by atoms with Gasteiger partial charge in [-0.1, -0.05) is 36.4 Å². The van der Waals surface area contributed by atoms with Gasteiger partial charge in [0.05, 0.1) is 0 Å². The van der Waals surface area contributed by atoms with E-state index in [9.17, 15) is 21.2 Å². The molecule has 0 aromatic heterocycles. The van der Waals surface area contributed by atoms with Crippen LogP contribution in [0.2, 0.25) is 0 Å². The van der Waals surface area contributed by atoms with E-state index < -0.39 is 25.9 Å². The lowest BCUT2D eigenvalue weighted by atomic mass is 10.2. The van der Waals surface area contributed by atoms with E-state index in [2.05, 4.69) is 0 Å². The molecule has 0 unspecified atom stereocenters. The van der Waals surface area contributed by atoms with Crippen LogP contribution in [0.1, 0.15) is 11.1 Å². The molecule has 0 aliphatic carbocycles. The summed E-state index contributed by atoms with van der Waals surface area (Å²) in [5.41, 5.74) is 1.38. The van der Waals surface area contributed by atoms with E-state index in [0.29, 0.717) is 5.56 Å². The van der Waals surface area contributed by atoms with Gasteiger partial charge < -0.3 is 0 Å². The molecule has 0 saturated carbocycles. The van der Waals surface area contributed by atoms with Crippen molar-refractivity contribution in [2.24, 2.45) is 0 Å². The average molecular weight is 425 g/mol. The Morgan fingerprint density at radius 2 is 1.50 bits per heavy atom. The molecule has 150 valence electrons. The van der Waals surface area contributed by atoms with E-state index in [1.165, 1.54) is 22.5 Å². The van der Waals surface area contributed by atoms with Crippen molar-refractivity contribution < 1.29 is 21.2 Å². The highest BCUT2D eigenvalue weighted by atomic mass is 32.2. The predicted molar refractivity (Wildman–Crippen MR) is 106 cm³/mol. The summed E-state index contributed by atoms with van der Waals surface area (Å²) in [4.78, 5) is -0.382. The first kappa shape index (κ1) is 20.7. The van der Waals surface area contributed by atoms with Crippen LogP contribution in [-0.2, 0) is 20.0 Å². The minimum absolute atomic E-state index is 0.00806. The minimum atomic E-state index is -4.02. The zero-order valence-electron chi connectivity index (χ0n) is 15.3. The van der Waals surface area contributed by atoms with Gasteiger partial charge in [-0.15, -0.1) is 0 Å². The standard InChI is InChI=1S/C19H21FN2O4S2/c1-16-7-8-18(20)19(15-16)28(25,26)22-12-10-21(11-13-22)27(23,24)14-9-17-5-3-2-4-6-17/h2-9,14-15H,10-13H2,1H3/b14-9+. The molecule has 0 bridgehead atoms. The third-order valence-electron chi connectivity index (χ3n) is 4.49. The second-order valence-electron chi connectivity index (χ2n) is 6.50. The second-order valence-corrected chi connectivity index (χ2v) is 10.2. The molecule has 0 amide bonds. The maximum atomic E-state index is 14.0. The molecule has 0 N–H and O–H groups in total. The zero-order chi connectivity index (χ0) is 20.4. The van der Waals surface area contributed by atoms with Gasteiger partial charge in [0.15, 0.2) is 0 Å². The van der Waals surface area contributed by atoms with Crippen LogP contribution in [0, 0.1) is 12.7 Å². The van der Waals surface area contributed by atoms with Crippen molar-refractivity contribution in [2.45, 2.75) is 11.8 Å². The Balaban J connectivity index is 1.71. The number of halogens is 1. The molecule has 1 aliphatic heterocycles. The topological polar surface area (TPSA) is 74.8 Å². The smallest absolute Gasteiger partial charge is 0.208 e. The second kappa shape index (κ2) is 8.12. The Hall–Kier alpha value is -2.07. The SMILES string of the molecule is Cc1ccc(F)c(S(=O)(=O)N2CCN(S(=O)(=O)/C=C/c3ccccc3)CC2)c1. The number of rotatable bonds is 5. The average Bonchev–Trinajstić information content (AvgIpc) is 2.69. The molecule has 2 aromatic rings. The molecule has 1 saturated heterocycles. The summed E-state index contributed by atoms with van der Waals surface area (Å²) in [6, 6.07) is 12.9. The van der Waals surface area contributed by atoms with E-state index >= 15 is 0 Å². The number of nitrogens with zero attached hydrogens (tertiary/aromatic N) is 2. The Bertz CT molecular complexity index is 1080. The number of piperazine rings is 1. The van der Waals surface area contributed by atoms with Gasteiger partial charge in [0.25, 0.3) is 0 Å². The molecule has 1 fully saturated rings. The number of sulfonamides is 2. The van der Waals surface area contributed by atoms with Crippen molar-refractivity contribution in [2.75, 3.05) is 26.2 Å². The van der Waals surface area contributed by atoms with E-state index in [4.69, 9.17) is 0 Å². The van der Waals surface area contributed by atoms with Crippen LogP contribution in [0.25, 0.3) is 6.08 Å².